The minimum absolute atomic E-state index is 0.0271. The number of fused-ring (bicyclic) bond motifs is 1. The van der Waals surface area contributed by atoms with E-state index in [0.29, 0.717) is 0 Å². The van der Waals surface area contributed by atoms with Crippen molar-refractivity contribution in [2.45, 2.75) is 40.5 Å². The second-order valence-corrected chi connectivity index (χ2v) is 9.56. The van der Waals surface area contributed by atoms with Crippen LogP contribution in [0, 0.1) is 39.4 Å². The molecule has 0 atom stereocenters. The zero-order valence-electron chi connectivity index (χ0n) is 21.3. The second-order valence-electron chi connectivity index (χ2n) is 9.56. The van der Waals surface area contributed by atoms with Gasteiger partial charge in [0.1, 0.15) is 29.6 Å². The summed E-state index contributed by atoms with van der Waals surface area (Å²) in [5.41, 5.74) is 9.81. The largest absolute Gasteiger partial charge is 0.457 e. The van der Waals surface area contributed by atoms with E-state index in [1.807, 2.05) is 24.3 Å². The second kappa shape index (κ2) is 11.3. The maximum absolute atomic E-state index is 9.45. The predicted molar refractivity (Wildman–Crippen MR) is 144 cm³/mol. The lowest BCUT2D eigenvalue weighted by Gasteiger charge is -2.30. The Morgan fingerprint density at radius 2 is 1.78 bits per heavy atom. The van der Waals surface area contributed by atoms with E-state index >= 15 is 0 Å². The lowest BCUT2D eigenvalue weighted by atomic mass is 9.75. The Labute approximate surface area is 213 Å². The molecule has 0 aliphatic heterocycles. The molecular weight excluding hydrogens is 446 g/mol. The third kappa shape index (κ3) is 6.15. The maximum Gasteiger partial charge on any atom is 0.153 e. The summed E-state index contributed by atoms with van der Waals surface area (Å²) in [5, 5.41) is 28.6. The first-order chi connectivity index (χ1) is 17.2. The molecule has 1 aromatic carbocycles. The number of rotatable bonds is 7. The molecule has 0 spiro atoms. The highest BCUT2D eigenvalue weighted by atomic mass is 16.3. The van der Waals surface area contributed by atoms with Gasteiger partial charge in [-0.2, -0.15) is 15.8 Å². The van der Waals surface area contributed by atoms with Crippen molar-refractivity contribution in [3.05, 3.63) is 82.3 Å². The van der Waals surface area contributed by atoms with Crippen LogP contribution in [0.15, 0.2) is 81.0 Å². The fraction of sp³-hybridized carbons (Fsp3) is 0.300. The molecule has 0 saturated carbocycles. The normalized spacial score (nSPS) is 16.3. The van der Waals surface area contributed by atoms with E-state index in [1.165, 1.54) is 0 Å². The highest BCUT2D eigenvalue weighted by Gasteiger charge is 2.24. The van der Waals surface area contributed by atoms with Crippen molar-refractivity contribution < 1.29 is 4.42 Å². The minimum atomic E-state index is -0.264. The summed E-state index contributed by atoms with van der Waals surface area (Å²) in [7, 11) is 0. The molecule has 1 heterocycles. The molecule has 1 aliphatic carbocycles. The van der Waals surface area contributed by atoms with Gasteiger partial charge in [-0.1, -0.05) is 32.1 Å². The molecule has 182 valence electrons. The predicted octanol–water partition coefficient (Wildman–Crippen LogP) is 6.67. The van der Waals surface area contributed by atoms with Crippen molar-refractivity contribution in [2.75, 3.05) is 18.0 Å². The summed E-state index contributed by atoms with van der Waals surface area (Å²) in [5.74, 6) is 0.793. The van der Waals surface area contributed by atoms with E-state index in [1.54, 1.807) is 18.2 Å². The third-order valence-electron chi connectivity index (χ3n) is 6.22. The molecule has 0 unspecified atom stereocenters. The van der Waals surface area contributed by atoms with Crippen molar-refractivity contribution >= 4 is 22.7 Å². The van der Waals surface area contributed by atoms with Gasteiger partial charge in [0.15, 0.2) is 5.57 Å². The van der Waals surface area contributed by atoms with Crippen LogP contribution in [-0.4, -0.2) is 13.1 Å². The number of hydrogen-bond donors (Lipinski definition) is 1. The Kier molecular flexibility index (Phi) is 8.21. The highest BCUT2D eigenvalue weighted by molar-refractivity contribution is 5.83. The fourth-order valence-electron chi connectivity index (χ4n) is 4.48. The number of benzene rings is 1. The molecule has 0 fully saturated rings. The van der Waals surface area contributed by atoms with Crippen LogP contribution in [0.1, 0.15) is 46.3 Å². The molecule has 6 nitrogen and oxygen atoms in total. The molecule has 3 rings (SSSR count). The number of nitrogens with two attached hydrogens (primary N) is 1. The summed E-state index contributed by atoms with van der Waals surface area (Å²) in [6, 6.07) is 13.8. The third-order valence-corrected chi connectivity index (χ3v) is 6.22. The van der Waals surface area contributed by atoms with Gasteiger partial charge in [-0.25, -0.2) is 0 Å². The fourth-order valence-corrected chi connectivity index (χ4v) is 4.48. The zero-order valence-corrected chi connectivity index (χ0v) is 21.3. The average molecular weight is 478 g/mol. The van der Waals surface area contributed by atoms with Gasteiger partial charge >= 0.3 is 0 Å². The molecule has 0 bridgehead atoms. The van der Waals surface area contributed by atoms with E-state index in [4.69, 9.17) is 20.7 Å². The van der Waals surface area contributed by atoms with Gasteiger partial charge in [0, 0.05) is 30.2 Å². The zero-order chi connectivity index (χ0) is 26.3. The summed E-state index contributed by atoms with van der Waals surface area (Å²) in [4.78, 5) is 2.29. The first-order valence-electron chi connectivity index (χ1n) is 12.0. The number of nitriles is 3. The quantitative estimate of drug-likeness (QED) is 0.352. The number of furan rings is 1. The first-order valence-corrected chi connectivity index (χ1v) is 12.0. The molecule has 2 N–H and O–H groups in total. The van der Waals surface area contributed by atoms with Gasteiger partial charge in [0.25, 0.3) is 0 Å². The maximum atomic E-state index is 9.45. The minimum Gasteiger partial charge on any atom is -0.457 e. The van der Waals surface area contributed by atoms with Crippen molar-refractivity contribution in [3.8, 4) is 18.2 Å². The van der Waals surface area contributed by atoms with Gasteiger partial charge in [-0.05, 0) is 73.6 Å². The van der Waals surface area contributed by atoms with Crippen LogP contribution in [0.3, 0.4) is 0 Å². The molecule has 1 aromatic heterocycles. The first kappa shape index (κ1) is 26.1. The smallest absolute Gasteiger partial charge is 0.153 e. The Hall–Kier alpha value is -4.47. The summed E-state index contributed by atoms with van der Waals surface area (Å²) in [6.07, 6.45) is 11.3. The molecule has 0 saturated heterocycles. The van der Waals surface area contributed by atoms with E-state index < -0.39 is 0 Å². The Morgan fingerprint density at radius 3 is 2.42 bits per heavy atom. The van der Waals surface area contributed by atoms with Crippen LogP contribution in [-0.2, 0) is 0 Å². The summed E-state index contributed by atoms with van der Waals surface area (Å²) >= 11 is 0. The van der Waals surface area contributed by atoms with Gasteiger partial charge in [0.2, 0.25) is 0 Å². The van der Waals surface area contributed by atoms with E-state index in [-0.39, 0.29) is 22.3 Å². The Balaban J connectivity index is 1.90. The van der Waals surface area contributed by atoms with Crippen molar-refractivity contribution in [2.24, 2.45) is 11.1 Å². The molecule has 0 radical (unpaired) electrons. The van der Waals surface area contributed by atoms with Crippen molar-refractivity contribution in [3.63, 3.8) is 0 Å². The van der Waals surface area contributed by atoms with Crippen LogP contribution < -0.4 is 10.6 Å². The Bertz CT molecular complexity index is 1400. The van der Waals surface area contributed by atoms with Crippen LogP contribution in [0.4, 0.5) is 5.69 Å². The van der Waals surface area contributed by atoms with Crippen LogP contribution in [0.5, 0.6) is 0 Å². The number of nitrogens with zero attached hydrogens (tertiary/aromatic N) is 4. The number of anilines is 1. The number of allylic oxidation sites excluding steroid dienone is 8. The summed E-state index contributed by atoms with van der Waals surface area (Å²) < 4.78 is 6.11. The van der Waals surface area contributed by atoms with Crippen LogP contribution >= 0.6 is 0 Å². The lowest BCUT2D eigenvalue weighted by Crippen LogP contribution is -2.21. The average Bonchev–Trinajstić information content (AvgIpc) is 3.26. The molecular formula is C30H31N5O. The van der Waals surface area contributed by atoms with Gasteiger partial charge in [-0.15, -0.1) is 0 Å². The van der Waals surface area contributed by atoms with Gasteiger partial charge in [0.05, 0.1) is 11.3 Å². The van der Waals surface area contributed by atoms with E-state index in [2.05, 4.69) is 62.9 Å². The highest BCUT2D eigenvalue weighted by Crippen LogP contribution is 2.39. The van der Waals surface area contributed by atoms with Crippen LogP contribution in [0.2, 0.25) is 0 Å². The van der Waals surface area contributed by atoms with E-state index in [0.717, 1.165) is 59.5 Å². The molecule has 36 heavy (non-hydrogen) atoms. The summed E-state index contributed by atoms with van der Waals surface area (Å²) in [6.45, 7) is 10.6. The van der Waals surface area contributed by atoms with E-state index in [9.17, 15) is 5.26 Å². The standard InChI is InChI=1S/C30H31N5O/c1-5-35(6-2)26-11-10-23-14-27(36-28(23)15-26)12-8-22-13-21(16-30(3,4)17-22)7-9-24(18-31)29(34)25(19-32)20-33/h7-15H,5-6,16-17,34H2,1-4H3/b12-8+,21-7-,24-9-. The van der Waals surface area contributed by atoms with Gasteiger partial charge in [-0.3, -0.25) is 0 Å². The SMILES string of the molecule is CCN(CC)c1ccc2cc(/C=C/C3=CC(=C/C=C(/C#N)C(N)=C(C#N)C#N)/CC(C)(C)C3)oc2c1. The molecule has 0 amide bonds. The topological polar surface area (TPSA) is 114 Å². The molecule has 6 heteroatoms. The number of hydrogen-bond acceptors (Lipinski definition) is 6. The van der Waals surface area contributed by atoms with Crippen molar-refractivity contribution in [1.82, 2.24) is 0 Å². The van der Waals surface area contributed by atoms with Crippen molar-refractivity contribution in [1.29, 1.82) is 15.8 Å². The Morgan fingerprint density at radius 1 is 1.06 bits per heavy atom. The van der Waals surface area contributed by atoms with Gasteiger partial charge < -0.3 is 15.1 Å². The van der Waals surface area contributed by atoms with Crippen LogP contribution in [0.25, 0.3) is 17.0 Å². The molecule has 2 aromatic rings. The lowest BCUT2D eigenvalue weighted by molar-refractivity contribution is 0.355. The molecule has 1 aliphatic rings. The monoisotopic (exact) mass is 477 g/mol.